The highest BCUT2D eigenvalue weighted by Gasteiger charge is 2.34. The quantitative estimate of drug-likeness (QED) is 0.710. The van der Waals surface area contributed by atoms with E-state index in [1.54, 1.807) is 23.1 Å². The fourth-order valence-electron chi connectivity index (χ4n) is 4.15. The highest BCUT2D eigenvalue weighted by molar-refractivity contribution is 5.96. The molecule has 9 nitrogen and oxygen atoms in total. The van der Waals surface area contributed by atoms with Crippen LogP contribution in [-0.4, -0.2) is 39.8 Å². The minimum atomic E-state index is -1.46. The van der Waals surface area contributed by atoms with Gasteiger partial charge in [0, 0.05) is 18.0 Å². The Hall–Kier alpha value is -3.23. The predicted octanol–water partition coefficient (Wildman–Crippen LogP) is 4.23. The number of aromatic nitrogens is 2. The standard InChI is InChI=1S/C22H27N3O6/c1-13(2)25(21(26)15-6-4-14(3)5-7-15)20-19(31-22(27)28)11-24(23-20)16-8-9-17-18(10-16)30-12-29-17/h8-11,13-15H,4-7,12H2,1-3H3,(H,27,28)/t14-,15-. The molecule has 1 aliphatic heterocycles. The summed E-state index contributed by atoms with van der Waals surface area (Å²) in [6.45, 7) is 6.11. The van der Waals surface area contributed by atoms with E-state index < -0.39 is 6.16 Å². The average Bonchev–Trinajstić information content (AvgIpc) is 3.34. The van der Waals surface area contributed by atoms with Gasteiger partial charge in [0.2, 0.25) is 18.5 Å². The summed E-state index contributed by atoms with van der Waals surface area (Å²) in [5.74, 6) is 1.87. The van der Waals surface area contributed by atoms with Crippen LogP contribution in [0.4, 0.5) is 10.6 Å². The molecule has 1 N–H and O–H groups in total. The van der Waals surface area contributed by atoms with Gasteiger partial charge in [0.1, 0.15) is 0 Å². The third kappa shape index (κ3) is 4.30. The predicted molar refractivity (Wildman–Crippen MR) is 112 cm³/mol. The summed E-state index contributed by atoms with van der Waals surface area (Å²) in [6.07, 6.45) is 3.66. The maximum atomic E-state index is 13.4. The molecule has 1 fully saturated rings. The van der Waals surface area contributed by atoms with Crippen molar-refractivity contribution >= 4 is 17.9 Å². The number of ether oxygens (including phenoxy) is 3. The Kier molecular flexibility index (Phi) is 5.75. The highest BCUT2D eigenvalue weighted by Crippen LogP contribution is 2.37. The molecule has 0 unspecified atom stereocenters. The van der Waals surface area contributed by atoms with Gasteiger partial charge >= 0.3 is 6.16 Å². The van der Waals surface area contributed by atoms with E-state index in [1.807, 2.05) is 13.8 Å². The van der Waals surface area contributed by atoms with Gasteiger partial charge in [0.05, 0.1) is 11.9 Å². The van der Waals surface area contributed by atoms with Crippen molar-refractivity contribution in [3.63, 3.8) is 0 Å². The first-order chi connectivity index (χ1) is 14.8. The van der Waals surface area contributed by atoms with Crippen LogP contribution in [0.1, 0.15) is 46.5 Å². The lowest BCUT2D eigenvalue weighted by Gasteiger charge is -2.32. The lowest BCUT2D eigenvalue weighted by molar-refractivity contribution is -0.124. The number of carbonyl (C=O) groups is 2. The molecule has 0 bridgehead atoms. The fraction of sp³-hybridized carbons (Fsp3) is 0.500. The zero-order valence-electron chi connectivity index (χ0n) is 17.9. The van der Waals surface area contributed by atoms with E-state index in [0.29, 0.717) is 23.1 Å². The molecule has 1 aromatic carbocycles. The first-order valence-corrected chi connectivity index (χ1v) is 10.6. The minimum Gasteiger partial charge on any atom is -0.454 e. The number of carbonyl (C=O) groups excluding carboxylic acids is 1. The fourth-order valence-corrected chi connectivity index (χ4v) is 4.15. The summed E-state index contributed by atoms with van der Waals surface area (Å²) in [7, 11) is 0. The summed E-state index contributed by atoms with van der Waals surface area (Å²) < 4.78 is 17.3. The maximum absolute atomic E-state index is 13.4. The normalized spacial score (nSPS) is 20.0. The van der Waals surface area contributed by atoms with Crippen molar-refractivity contribution in [2.75, 3.05) is 11.7 Å². The van der Waals surface area contributed by atoms with Crippen molar-refractivity contribution in [1.82, 2.24) is 9.78 Å². The second kappa shape index (κ2) is 8.49. The van der Waals surface area contributed by atoms with Crippen LogP contribution < -0.4 is 19.1 Å². The Morgan fingerprint density at radius 1 is 1.19 bits per heavy atom. The van der Waals surface area contributed by atoms with Crippen molar-refractivity contribution in [2.24, 2.45) is 11.8 Å². The summed E-state index contributed by atoms with van der Waals surface area (Å²) in [5, 5.41) is 13.8. The van der Waals surface area contributed by atoms with Gasteiger partial charge in [-0.05, 0) is 57.6 Å². The zero-order chi connectivity index (χ0) is 22.1. The number of carboxylic acid groups (broad SMARTS) is 1. The van der Waals surface area contributed by atoms with Crippen LogP contribution in [0.2, 0.25) is 0 Å². The first kappa shape index (κ1) is 21.0. The zero-order valence-corrected chi connectivity index (χ0v) is 17.9. The van der Waals surface area contributed by atoms with Crippen LogP contribution in [0.15, 0.2) is 24.4 Å². The van der Waals surface area contributed by atoms with Crippen LogP contribution >= 0.6 is 0 Å². The van der Waals surface area contributed by atoms with E-state index in [4.69, 9.17) is 14.2 Å². The van der Waals surface area contributed by atoms with Gasteiger partial charge in [-0.15, -0.1) is 5.10 Å². The number of amides is 1. The molecule has 0 spiro atoms. The molecule has 4 rings (SSSR count). The van der Waals surface area contributed by atoms with Gasteiger partial charge in [-0.3, -0.25) is 9.69 Å². The van der Waals surface area contributed by atoms with Crippen molar-refractivity contribution in [3.05, 3.63) is 24.4 Å². The molecule has 1 amide bonds. The average molecular weight is 429 g/mol. The van der Waals surface area contributed by atoms with Gasteiger partial charge in [-0.1, -0.05) is 6.92 Å². The third-order valence-corrected chi connectivity index (χ3v) is 5.83. The van der Waals surface area contributed by atoms with E-state index in [0.717, 1.165) is 25.7 Å². The molecule has 166 valence electrons. The molecule has 9 heteroatoms. The summed E-state index contributed by atoms with van der Waals surface area (Å²) in [4.78, 5) is 26.3. The van der Waals surface area contributed by atoms with Crippen LogP contribution in [0.25, 0.3) is 5.69 Å². The number of hydrogen-bond acceptors (Lipinski definition) is 6. The lowest BCUT2D eigenvalue weighted by Crippen LogP contribution is -2.42. The number of fused-ring (bicyclic) bond motifs is 1. The van der Waals surface area contributed by atoms with E-state index in [-0.39, 0.29) is 36.2 Å². The molecule has 2 heterocycles. The maximum Gasteiger partial charge on any atom is 0.511 e. The highest BCUT2D eigenvalue weighted by atomic mass is 16.7. The van der Waals surface area contributed by atoms with Crippen LogP contribution in [-0.2, 0) is 4.79 Å². The van der Waals surface area contributed by atoms with Crippen LogP contribution in [0.5, 0.6) is 17.2 Å². The first-order valence-electron chi connectivity index (χ1n) is 10.6. The topological polar surface area (TPSA) is 103 Å². The molecular formula is C22H27N3O6. The summed E-state index contributed by atoms with van der Waals surface area (Å²) >= 11 is 0. The monoisotopic (exact) mass is 429 g/mol. The minimum absolute atomic E-state index is 0.0106. The van der Waals surface area contributed by atoms with Gasteiger partial charge in [0.15, 0.2) is 17.2 Å². The van der Waals surface area contributed by atoms with E-state index >= 15 is 0 Å². The Morgan fingerprint density at radius 2 is 1.90 bits per heavy atom. The molecule has 0 atom stereocenters. The van der Waals surface area contributed by atoms with Crippen molar-refractivity contribution < 1.29 is 28.9 Å². The smallest absolute Gasteiger partial charge is 0.454 e. The largest absolute Gasteiger partial charge is 0.511 e. The van der Waals surface area contributed by atoms with Crippen molar-refractivity contribution in [2.45, 2.75) is 52.5 Å². The molecule has 2 aliphatic rings. The second-order valence-corrected chi connectivity index (χ2v) is 8.43. The lowest BCUT2D eigenvalue weighted by atomic mass is 9.82. The molecule has 1 aliphatic carbocycles. The molecule has 1 aromatic heterocycles. The third-order valence-electron chi connectivity index (χ3n) is 5.83. The van der Waals surface area contributed by atoms with Gasteiger partial charge in [-0.2, -0.15) is 0 Å². The Bertz CT molecular complexity index is 978. The number of hydrogen-bond donors (Lipinski definition) is 1. The van der Waals surface area contributed by atoms with Crippen LogP contribution in [0, 0.1) is 11.8 Å². The summed E-state index contributed by atoms with van der Waals surface area (Å²) in [6, 6.07) is 5.06. The van der Waals surface area contributed by atoms with Gasteiger partial charge in [-0.25, -0.2) is 9.48 Å². The second-order valence-electron chi connectivity index (χ2n) is 8.43. The Labute approximate surface area is 180 Å². The summed E-state index contributed by atoms with van der Waals surface area (Å²) in [5.41, 5.74) is 0.633. The molecule has 0 radical (unpaired) electrons. The number of anilines is 1. The van der Waals surface area contributed by atoms with E-state index in [9.17, 15) is 14.7 Å². The SMILES string of the molecule is CC(C)N(c1nn(-c2ccc3c(c2)OCO3)cc1OC(=O)O)C(=O)[C@H]1CC[C@H](C)CC1. The Morgan fingerprint density at radius 3 is 2.58 bits per heavy atom. The van der Waals surface area contributed by atoms with Crippen molar-refractivity contribution in [1.29, 1.82) is 0 Å². The molecule has 1 saturated carbocycles. The number of nitrogens with zero attached hydrogens (tertiary/aromatic N) is 3. The van der Waals surface area contributed by atoms with E-state index in [2.05, 4.69) is 12.0 Å². The number of rotatable bonds is 5. The molecule has 31 heavy (non-hydrogen) atoms. The van der Waals surface area contributed by atoms with Crippen molar-refractivity contribution in [3.8, 4) is 22.9 Å². The van der Waals surface area contributed by atoms with E-state index in [1.165, 1.54) is 10.9 Å². The van der Waals surface area contributed by atoms with Crippen LogP contribution in [0.3, 0.4) is 0 Å². The molecule has 2 aromatic rings. The van der Waals surface area contributed by atoms with Gasteiger partial charge in [0.25, 0.3) is 0 Å². The molecular weight excluding hydrogens is 402 g/mol. The van der Waals surface area contributed by atoms with Gasteiger partial charge < -0.3 is 19.3 Å². The Balaban J connectivity index is 1.70. The number of benzene rings is 1. The molecule has 0 saturated heterocycles.